The molecule has 0 aliphatic carbocycles. The molecule has 6 heteroatoms. The van der Waals surface area contributed by atoms with Crippen LogP contribution >= 0.6 is 0 Å². The minimum Gasteiger partial charge on any atom is -0.370 e. The summed E-state index contributed by atoms with van der Waals surface area (Å²) in [4.78, 5) is 10.8. The van der Waals surface area contributed by atoms with Gasteiger partial charge in [-0.3, -0.25) is 0 Å². The van der Waals surface area contributed by atoms with Gasteiger partial charge in [0.05, 0.1) is 0 Å². The van der Waals surface area contributed by atoms with Crippen molar-refractivity contribution in [2.45, 2.75) is 27.2 Å². The first kappa shape index (κ1) is 14.7. The van der Waals surface area contributed by atoms with Crippen molar-refractivity contribution in [3.8, 4) is 0 Å². The van der Waals surface area contributed by atoms with Crippen LogP contribution < -0.4 is 16.6 Å². The normalized spacial score (nSPS) is 10.7. The van der Waals surface area contributed by atoms with E-state index in [1.54, 1.807) is 0 Å². The number of hydrogen-bond acceptors (Lipinski definition) is 6. The largest absolute Gasteiger partial charge is 0.370 e. The number of nitrogens with one attached hydrogen (secondary N) is 2. The van der Waals surface area contributed by atoms with Crippen LogP contribution in [0.4, 0.5) is 11.6 Å². The van der Waals surface area contributed by atoms with Crippen LogP contribution in [0.2, 0.25) is 0 Å². The van der Waals surface area contributed by atoms with Gasteiger partial charge in [0.25, 0.3) is 0 Å². The van der Waals surface area contributed by atoms with E-state index >= 15 is 0 Å². The van der Waals surface area contributed by atoms with E-state index in [-0.39, 0.29) is 0 Å². The molecule has 4 N–H and O–H groups in total. The lowest BCUT2D eigenvalue weighted by Gasteiger charge is -2.17. The highest BCUT2D eigenvalue weighted by Crippen LogP contribution is 2.09. The molecule has 0 fully saturated rings. The van der Waals surface area contributed by atoms with Gasteiger partial charge in [0, 0.05) is 12.6 Å². The molecule has 1 aromatic heterocycles. The second-order valence-corrected chi connectivity index (χ2v) is 4.14. The zero-order valence-electron chi connectivity index (χ0n) is 11.5. The fraction of sp³-hybridized carbons (Fsp3) is 0.667. The molecule has 6 nitrogen and oxygen atoms in total. The number of hydrazine groups is 1. The van der Waals surface area contributed by atoms with Crippen molar-refractivity contribution in [2.75, 3.05) is 36.9 Å². The summed E-state index contributed by atoms with van der Waals surface area (Å²) >= 11 is 0. The first-order valence-electron chi connectivity index (χ1n) is 6.48. The summed E-state index contributed by atoms with van der Waals surface area (Å²) in [6.45, 7) is 10.4. The highest BCUT2D eigenvalue weighted by molar-refractivity contribution is 5.46. The molecule has 0 aliphatic rings. The van der Waals surface area contributed by atoms with Gasteiger partial charge in [-0.1, -0.05) is 13.8 Å². The summed E-state index contributed by atoms with van der Waals surface area (Å²) in [5, 5.41) is 3.29. The summed E-state index contributed by atoms with van der Waals surface area (Å²) < 4.78 is 0. The molecule has 0 aromatic carbocycles. The van der Waals surface area contributed by atoms with E-state index in [2.05, 4.69) is 39.5 Å². The first-order valence-corrected chi connectivity index (χ1v) is 6.48. The Bertz CT molecular complexity index is 350. The lowest BCUT2D eigenvalue weighted by Crippen LogP contribution is -2.25. The van der Waals surface area contributed by atoms with E-state index < -0.39 is 0 Å². The van der Waals surface area contributed by atoms with Crippen molar-refractivity contribution >= 4 is 11.6 Å². The van der Waals surface area contributed by atoms with Crippen LogP contribution in [0.25, 0.3) is 0 Å². The molecule has 0 aliphatic heterocycles. The molecule has 0 amide bonds. The quantitative estimate of drug-likeness (QED) is 0.367. The lowest BCUT2D eigenvalue weighted by atomic mass is 10.3. The average Bonchev–Trinajstić information content (AvgIpc) is 2.38. The average molecular weight is 252 g/mol. The summed E-state index contributed by atoms with van der Waals surface area (Å²) in [5.41, 5.74) is 2.54. The van der Waals surface area contributed by atoms with E-state index in [0.29, 0.717) is 11.6 Å². The second kappa shape index (κ2) is 7.84. The Morgan fingerprint density at radius 1 is 1.22 bits per heavy atom. The molecule has 0 spiro atoms. The van der Waals surface area contributed by atoms with E-state index in [4.69, 9.17) is 5.84 Å². The lowest BCUT2D eigenvalue weighted by molar-refractivity contribution is 0.303. The number of nitrogen functional groups attached to an aromatic ring is 1. The van der Waals surface area contributed by atoms with Crippen molar-refractivity contribution < 1.29 is 0 Å². The number of anilines is 2. The summed E-state index contributed by atoms with van der Waals surface area (Å²) in [6, 6.07) is 1.81. The molecule has 0 atom stereocenters. The Morgan fingerprint density at radius 2 is 1.89 bits per heavy atom. The number of nitrogens with two attached hydrogens (primary N) is 1. The summed E-state index contributed by atoms with van der Waals surface area (Å²) in [7, 11) is 0. The van der Waals surface area contributed by atoms with Gasteiger partial charge in [0.15, 0.2) is 0 Å². The molecule has 0 bridgehead atoms. The number of aromatic nitrogens is 2. The van der Waals surface area contributed by atoms with Crippen LogP contribution in [-0.2, 0) is 0 Å². The van der Waals surface area contributed by atoms with Crippen LogP contribution in [-0.4, -0.2) is 41.0 Å². The molecular formula is C12H24N6. The van der Waals surface area contributed by atoms with E-state index in [1.807, 2.05) is 13.0 Å². The van der Waals surface area contributed by atoms with Crippen molar-refractivity contribution in [1.82, 2.24) is 14.9 Å². The molecular weight excluding hydrogens is 228 g/mol. The van der Waals surface area contributed by atoms with Crippen LogP contribution in [0.15, 0.2) is 6.07 Å². The van der Waals surface area contributed by atoms with Gasteiger partial charge in [0.1, 0.15) is 17.5 Å². The summed E-state index contributed by atoms with van der Waals surface area (Å²) in [5.74, 6) is 7.50. The van der Waals surface area contributed by atoms with Crippen LogP contribution in [0.5, 0.6) is 0 Å². The fourth-order valence-corrected chi connectivity index (χ4v) is 1.79. The van der Waals surface area contributed by atoms with E-state index in [1.165, 1.54) is 0 Å². The Hall–Kier alpha value is -1.40. The van der Waals surface area contributed by atoms with Crippen molar-refractivity contribution in [1.29, 1.82) is 0 Å². The Kier molecular flexibility index (Phi) is 6.38. The molecule has 0 unspecified atom stereocenters. The second-order valence-electron chi connectivity index (χ2n) is 4.14. The van der Waals surface area contributed by atoms with Gasteiger partial charge in [-0.25, -0.2) is 15.8 Å². The standard InChI is InChI=1S/C12H24N6/c1-4-18(5-2)8-6-7-14-11-9-12(17-13)16-10(3)15-11/h9H,4-8,13H2,1-3H3,(H2,14,15,16,17). The van der Waals surface area contributed by atoms with Crippen LogP contribution in [0.1, 0.15) is 26.1 Å². The predicted molar refractivity (Wildman–Crippen MR) is 75.5 cm³/mol. The first-order chi connectivity index (χ1) is 8.69. The Balaban J connectivity index is 2.37. The highest BCUT2D eigenvalue weighted by Gasteiger charge is 2.01. The van der Waals surface area contributed by atoms with E-state index in [0.717, 1.165) is 38.4 Å². The van der Waals surface area contributed by atoms with Crippen molar-refractivity contribution in [2.24, 2.45) is 5.84 Å². The third-order valence-corrected chi connectivity index (χ3v) is 2.84. The molecule has 18 heavy (non-hydrogen) atoms. The molecule has 1 rings (SSSR count). The topological polar surface area (TPSA) is 79.1 Å². The minimum atomic E-state index is 0.633. The number of aryl methyl sites for hydroxylation is 1. The number of rotatable bonds is 8. The third-order valence-electron chi connectivity index (χ3n) is 2.84. The zero-order valence-corrected chi connectivity index (χ0v) is 11.5. The van der Waals surface area contributed by atoms with Gasteiger partial charge < -0.3 is 15.6 Å². The molecule has 1 heterocycles. The highest BCUT2D eigenvalue weighted by atomic mass is 15.3. The molecule has 1 aromatic rings. The molecule has 102 valence electrons. The SMILES string of the molecule is CCN(CC)CCCNc1cc(NN)nc(C)n1. The smallest absolute Gasteiger partial charge is 0.145 e. The van der Waals surface area contributed by atoms with Gasteiger partial charge in [-0.2, -0.15) is 0 Å². The van der Waals surface area contributed by atoms with Crippen molar-refractivity contribution in [3.05, 3.63) is 11.9 Å². The maximum atomic E-state index is 5.34. The molecule has 0 radical (unpaired) electrons. The Labute approximate surface area is 109 Å². The fourth-order valence-electron chi connectivity index (χ4n) is 1.79. The van der Waals surface area contributed by atoms with Crippen LogP contribution in [0, 0.1) is 6.92 Å². The van der Waals surface area contributed by atoms with Gasteiger partial charge in [-0.05, 0) is 33.0 Å². The van der Waals surface area contributed by atoms with E-state index in [9.17, 15) is 0 Å². The summed E-state index contributed by atoms with van der Waals surface area (Å²) in [6.07, 6.45) is 1.09. The minimum absolute atomic E-state index is 0.633. The van der Waals surface area contributed by atoms with Gasteiger partial charge in [-0.15, -0.1) is 0 Å². The maximum absolute atomic E-state index is 5.34. The monoisotopic (exact) mass is 252 g/mol. The van der Waals surface area contributed by atoms with Gasteiger partial charge >= 0.3 is 0 Å². The maximum Gasteiger partial charge on any atom is 0.145 e. The predicted octanol–water partition coefficient (Wildman–Crippen LogP) is 1.21. The van der Waals surface area contributed by atoms with Gasteiger partial charge in [0.2, 0.25) is 0 Å². The third kappa shape index (κ3) is 4.85. The zero-order chi connectivity index (χ0) is 13.4. The molecule has 0 saturated carbocycles. The molecule has 0 saturated heterocycles. The number of nitrogens with zero attached hydrogens (tertiary/aromatic N) is 3. The number of hydrogen-bond donors (Lipinski definition) is 3. The van der Waals surface area contributed by atoms with Crippen molar-refractivity contribution in [3.63, 3.8) is 0 Å². The van der Waals surface area contributed by atoms with Crippen LogP contribution in [0.3, 0.4) is 0 Å². The Morgan fingerprint density at radius 3 is 2.50 bits per heavy atom.